The number of pyridine rings is 1. The molecule has 0 fully saturated rings. The van der Waals surface area contributed by atoms with E-state index in [1.807, 2.05) is 36.4 Å². The number of ether oxygens (including phenoxy) is 1. The topological polar surface area (TPSA) is 39.2 Å². The van der Waals surface area contributed by atoms with Crippen molar-refractivity contribution in [2.45, 2.75) is 0 Å². The van der Waals surface area contributed by atoms with E-state index in [1.54, 1.807) is 12.1 Å². The van der Waals surface area contributed by atoms with Crippen LogP contribution in [0.15, 0.2) is 60.8 Å². The van der Waals surface area contributed by atoms with Gasteiger partial charge in [-0.15, -0.1) is 0 Å². The molecule has 2 aromatic carbocycles. The van der Waals surface area contributed by atoms with E-state index in [9.17, 15) is 4.79 Å². The summed E-state index contributed by atoms with van der Waals surface area (Å²) in [5.74, 6) is 0.0596. The van der Waals surface area contributed by atoms with Gasteiger partial charge in [0.1, 0.15) is 5.75 Å². The molecule has 0 spiro atoms. The Labute approximate surface area is 110 Å². The Balaban J connectivity index is 1.98. The molecule has 0 atom stereocenters. The summed E-state index contributed by atoms with van der Waals surface area (Å²) in [5.41, 5.74) is 0.551. The van der Waals surface area contributed by atoms with Crippen LogP contribution in [0.2, 0.25) is 0 Å². The number of carbonyl (C=O) groups is 1. The number of carbonyl (C=O) groups excluding carboxylic acids is 1. The number of hydrogen-bond donors (Lipinski definition) is 0. The zero-order valence-electron chi connectivity index (χ0n) is 10.0. The Kier molecular flexibility index (Phi) is 2.94. The van der Waals surface area contributed by atoms with Gasteiger partial charge < -0.3 is 4.74 Å². The number of esters is 1. The third-order valence-corrected chi connectivity index (χ3v) is 2.81. The third kappa shape index (κ3) is 2.31. The molecule has 0 amide bonds. The van der Waals surface area contributed by atoms with Crippen molar-refractivity contribution in [2.75, 3.05) is 0 Å². The number of nitrogens with zero attached hydrogens (tertiary/aromatic N) is 1. The molecule has 0 saturated carbocycles. The van der Waals surface area contributed by atoms with E-state index in [2.05, 4.69) is 11.2 Å². The van der Waals surface area contributed by atoms with Gasteiger partial charge in [-0.3, -0.25) is 4.98 Å². The fourth-order valence-electron chi connectivity index (χ4n) is 1.93. The number of benzene rings is 2. The highest BCUT2D eigenvalue weighted by molar-refractivity contribution is 6.05. The van der Waals surface area contributed by atoms with E-state index in [0.29, 0.717) is 11.3 Å². The zero-order chi connectivity index (χ0) is 13.1. The average molecular weight is 248 g/mol. The van der Waals surface area contributed by atoms with Crippen LogP contribution >= 0.6 is 0 Å². The summed E-state index contributed by atoms with van der Waals surface area (Å²) in [5, 5.41) is 1.89. The number of fused-ring (bicyclic) bond motifs is 1. The maximum atomic E-state index is 12.2. The Morgan fingerprint density at radius 2 is 1.89 bits per heavy atom. The Hall–Kier alpha value is -2.68. The molecule has 0 saturated heterocycles. The van der Waals surface area contributed by atoms with Crippen molar-refractivity contribution in [3.63, 3.8) is 0 Å². The van der Waals surface area contributed by atoms with Gasteiger partial charge in [0.15, 0.2) is 0 Å². The Morgan fingerprint density at radius 3 is 2.74 bits per heavy atom. The molecule has 1 aromatic heterocycles. The van der Waals surface area contributed by atoms with Gasteiger partial charge in [-0.1, -0.05) is 36.4 Å². The molecule has 3 nitrogen and oxygen atoms in total. The highest BCUT2D eigenvalue weighted by Crippen LogP contribution is 2.20. The molecule has 3 heteroatoms. The monoisotopic (exact) mass is 248 g/mol. The molecule has 0 aliphatic heterocycles. The lowest BCUT2D eigenvalue weighted by Crippen LogP contribution is -2.09. The molecular formula is C16H10NO2. The highest BCUT2D eigenvalue weighted by Gasteiger charge is 2.11. The van der Waals surface area contributed by atoms with E-state index in [1.165, 1.54) is 12.3 Å². The van der Waals surface area contributed by atoms with E-state index in [0.717, 1.165) is 10.8 Å². The molecule has 1 heterocycles. The van der Waals surface area contributed by atoms with Crippen molar-refractivity contribution in [1.82, 2.24) is 4.98 Å². The van der Waals surface area contributed by atoms with Crippen LogP contribution in [-0.4, -0.2) is 11.0 Å². The molecule has 0 N–H and O–H groups in total. The minimum absolute atomic E-state index is 0.378. The maximum absolute atomic E-state index is 12.2. The minimum Gasteiger partial charge on any atom is -0.423 e. The van der Waals surface area contributed by atoms with Crippen LogP contribution in [-0.2, 0) is 0 Å². The first-order valence-electron chi connectivity index (χ1n) is 5.86. The molecule has 1 radical (unpaired) electrons. The van der Waals surface area contributed by atoms with Crippen LogP contribution in [0.4, 0.5) is 0 Å². The summed E-state index contributed by atoms with van der Waals surface area (Å²) in [6.07, 6.45) is 4.16. The van der Waals surface area contributed by atoms with Gasteiger partial charge in [0, 0.05) is 12.3 Å². The van der Waals surface area contributed by atoms with Crippen molar-refractivity contribution >= 4 is 16.7 Å². The molecule has 91 valence electrons. The smallest absolute Gasteiger partial charge is 0.344 e. The molecule has 3 aromatic rings. The van der Waals surface area contributed by atoms with Crippen LogP contribution in [0.5, 0.6) is 5.75 Å². The molecule has 0 aliphatic rings. The molecule has 0 unspecified atom stereocenters. The Bertz CT molecular complexity index is 718. The van der Waals surface area contributed by atoms with E-state index >= 15 is 0 Å². The largest absolute Gasteiger partial charge is 0.423 e. The average Bonchev–Trinajstić information content (AvgIpc) is 2.47. The summed E-state index contributed by atoms with van der Waals surface area (Å²) in [6, 6.07) is 16.4. The van der Waals surface area contributed by atoms with Gasteiger partial charge in [0.2, 0.25) is 0 Å². The lowest BCUT2D eigenvalue weighted by Gasteiger charge is -2.06. The standard InChI is InChI=1S/C16H10NO2/c18-16(19-13-8-10-17-11-9-13)15-7-3-5-12-4-1-2-6-14(12)15/h1-10H. The van der Waals surface area contributed by atoms with E-state index in [4.69, 9.17) is 4.74 Å². The van der Waals surface area contributed by atoms with E-state index in [-0.39, 0.29) is 5.97 Å². The van der Waals surface area contributed by atoms with Gasteiger partial charge in [0.25, 0.3) is 0 Å². The van der Waals surface area contributed by atoms with Crippen LogP contribution in [0.3, 0.4) is 0 Å². The van der Waals surface area contributed by atoms with Gasteiger partial charge >= 0.3 is 5.97 Å². The number of hydrogen-bond acceptors (Lipinski definition) is 3. The first-order chi connectivity index (χ1) is 9.34. The first-order valence-corrected chi connectivity index (χ1v) is 5.86. The van der Waals surface area contributed by atoms with Crippen molar-refractivity contribution in [1.29, 1.82) is 0 Å². The quantitative estimate of drug-likeness (QED) is 0.653. The van der Waals surface area contributed by atoms with Crippen LogP contribution in [0.1, 0.15) is 10.4 Å². The van der Waals surface area contributed by atoms with Gasteiger partial charge in [-0.2, -0.15) is 0 Å². The molecule has 3 rings (SSSR count). The summed E-state index contributed by atoms with van der Waals surface area (Å²) < 4.78 is 5.30. The normalized spacial score (nSPS) is 10.3. The summed E-state index contributed by atoms with van der Waals surface area (Å²) in [4.78, 5) is 15.9. The maximum Gasteiger partial charge on any atom is 0.344 e. The fourth-order valence-corrected chi connectivity index (χ4v) is 1.93. The second-order valence-electron chi connectivity index (χ2n) is 4.04. The van der Waals surface area contributed by atoms with E-state index < -0.39 is 0 Å². The lowest BCUT2D eigenvalue weighted by atomic mass is 10.1. The van der Waals surface area contributed by atoms with Crippen LogP contribution in [0.25, 0.3) is 10.8 Å². The van der Waals surface area contributed by atoms with Crippen molar-refractivity contribution in [3.8, 4) is 5.75 Å². The second-order valence-corrected chi connectivity index (χ2v) is 4.04. The van der Waals surface area contributed by atoms with Gasteiger partial charge in [0.05, 0.1) is 11.8 Å². The molecule has 0 aliphatic carbocycles. The molecule has 19 heavy (non-hydrogen) atoms. The van der Waals surface area contributed by atoms with Crippen molar-refractivity contribution < 1.29 is 9.53 Å². The van der Waals surface area contributed by atoms with Crippen LogP contribution in [0, 0.1) is 6.20 Å². The third-order valence-electron chi connectivity index (χ3n) is 2.81. The fraction of sp³-hybridized carbons (Fsp3) is 0. The molecular weight excluding hydrogens is 238 g/mol. The number of rotatable bonds is 2. The predicted octanol–water partition coefficient (Wildman–Crippen LogP) is 3.25. The molecule has 0 bridgehead atoms. The second kappa shape index (κ2) is 4.90. The zero-order valence-corrected chi connectivity index (χ0v) is 10.0. The SMILES string of the molecule is O=C(Oc1c[c]ncc1)c1cccc2ccccc12. The predicted molar refractivity (Wildman–Crippen MR) is 72.0 cm³/mol. The minimum atomic E-state index is -0.378. The lowest BCUT2D eigenvalue weighted by molar-refractivity contribution is 0.0736. The van der Waals surface area contributed by atoms with Crippen molar-refractivity contribution in [2.24, 2.45) is 0 Å². The highest BCUT2D eigenvalue weighted by atomic mass is 16.5. The summed E-state index contributed by atoms with van der Waals surface area (Å²) in [6.45, 7) is 0. The summed E-state index contributed by atoms with van der Waals surface area (Å²) in [7, 11) is 0. The summed E-state index contributed by atoms with van der Waals surface area (Å²) >= 11 is 0. The van der Waals surface area contributed by atoms with Gasteiger partial charge in [-0.25, -0.2) is 4.79 Å². The Morgan fingerprint density at radius 1 is 1.05 bits per heavy atom. The van der Waals surface area contributed by atoms with Gasteiger partial charge in [-0.05, 0) is 22.9 Å². The number of aromatic nitrogens is 1. The first kappa shape index (κ1) is 11.4. The van der Waals surface area contributed by atoms with Crippen LogP contribution < -0.4 is 4.74 Å². The van der Waals surface area contributed by atoms with Crippen molar-refractivity contribution in [3.05, 3.63) is 72.6 Å².